The molecule has 0 unspecified atom stereocenters. The Bertz CT molecular complexity index is 757. The zero-order chi connectivity index (χ0) is 16.6. The Hall–Kier alpha value is -2.58. The Morgan fingerprint density at radius 2 is 1.87 bits per heavy atom. The fourth-order valence-corrected chi connectivity index (χ4v) is 2.40. The van der Waals surface area contributed by atoms with Crippen LogP contribution in [0.15, 0.2) is 10.6 Å². The molecule has 1 aromatic heterocycles. The number of aromatic nitrogens is 2. The van der Waals surface area contributed by atoms with Crippen molar-refractivity contribution in [2.24, 2.45) is 0 Å². The average molecular weight is 327 g/mol. The van der Waals surface area contributed by atoms with Crippen LogP contribution in [0.25, 0.3) is 11.5 Å². The number of halogens is 3. The van der Waals surface area contributed by atoms with E-state index in [2.05, 4.69) is 10.1 Å². The smallest absolute Gasteiger partial charge is 0.295 e. The maximum absolute atomic E-state index is 13.8. The molecule has 1 aromatic carbocycles. The van der Waals surface area contributed by atoms with Gasteiger partial charge in [-0.05, 0) is 25.3 Å². The van der Waals surface area contributed by atoms with E-state index in [-0.39, 0.29) is 5.82 Å². The Balaban J connectivity index is 1.92. The molecule has 1 N–H and O–H groups in total. The minimum Gasteiger partial charge on any atom is -0.503 e. The topological polar surface area (TPSA) is 79.5 Å². The quantitative estimate of drug-likeness (QED) is 0.857. The number of piperidine rings is 1. The Morgan fingerprint density at radius 1 is 1.17 bits per heavy atom. The number of hydrogen-bond acceptors (Lipinski definition) is 5. The minimum absolute atomic E-state index is 0.300. The third-order valence-electron chi connectivity index (χ3n) is 3.62. The lowest BCUT2D eigenvalue weighted by atomic mass is 10.1. The lowest BCUT2D eigenvalue weighted by molar-refractivity contribution is 0.0708. The molecule has 0 atom stereocenters. The second-order valence-electron chi connectivity index (χ2n) is 5.16. The predicted octanol–water partition coefficient (Wildman–Crippen LogP) is 2.49. The number of phenols is 1. The largest absolute Gasteiger partial charge is 0.503 e. The van der Waals surface area contributed by atoms with E-state index in [4.69, 9.17) is 4.52 Å². The van der Waals surface area contributed by atoms with Gasteiger partial charge in [-0.3, -0.25) is 4.79 Å². The van der Waals surface area contributed by atoms with Crippen molar-refractivity contribution < 1.29 is 27.6 Å². The Kier molecular flexibility index (Phi) is 3.93. The van der Waals surface area contributed by atoms with E-state index in [1.54, 1.807) is 0 Å². The van der Waals surface area contributed by atoms with Crippen LogP contribution in [0.3, 0.4) is 0 Å². The molecule has 1 aliphatic rings. The van der Waals surface area contributed by atoms with Gasteiger partial charge in [0.2, 0.25) is 5.82 Å². The molecule has 1 fully saturated rings. The van der Waals surface area contributed by atoms with Gasteiger partial charge in [-0.25, -0.2) is 8.78 Å². The molecule has 2 heterocycles. The first-order chi connectivity index (χ1) is 11.0. The molecule has 3 rings (SSSR count). The maximum Gasteiger partial charge on any atom is 0.295 e. The molecular formula is C14H12F3N3O3. The van der Waals surface area contributed by atoms with Crippen molar-refractivity contribution in [3.63, 3.8) is 0 Å². The number of carbonyl (C=O) groups is 1. The zero-order valence-corrected chi connectivity index (χ0v) is 11.9. The summed E-state index contributed by atoms with van der Waals surface area (Å²) >= 11 is 0. The summed E-state index contributed by atoms with van der Waals surface area (Å²) in [5.41, 5.74) is -0.619. The van der Waals surface area contributed by atoms with E-state index >= 15 is 0 Å². The number of aromatic hydroxyl groups is 1. The molecule has 1 saturated heterocycles. The molecule has 23 heavy (non-hydrogen) atoms. The van der Waals surface area contributed by atoms with Crippen molar-refractivity contribution in [1.29, 1.82) is 0 Å². The zero-order valence-electron chi connectivity index (χ0n) is 11.9. The second kappa shape index (κ2) is 5.90. The summed E-state index contributed by atoms with van der Waals surface area (Å²) in [7, 11) is 0. The highest BCUT2D eigenvalue weighted by Crippen LogP contribution is 2.31. The molecular weight excluding hydrogens is 315 g/mol. The van der Waals surface area contributed by atoms with Crippen LogP contribution in [0.1, 0.15) is 29.9 Å². The normalized spacial score (nSPS) is 15.0. The Morgan fingerprint density at radius 3 is 2.57 bits per heavy atom. The second-order valence-corrected chi connectivity index (χ2v) is 5.16. The molecule has 6 nitrogen and oxygen atoms in total. The van der Waals surface area contributed by atoms with Crippen LogP contribution in [0.2, 0.25) is 0 Å². The summed E-state index contributed by atoms with van der Waals surface area (Å²) in [6.45, 7) is 1.12. The predicted molar refractivity (Wildman–Crippen MR) is 71.0 cm³/mol. The van der Waals surface area contributed by atoms with Crippen LogP contribution < -0.4 is 0 Å². The summed E-state index contributed by atoms with van der Waals surface area (Å²) in [6.07, 6.45) is 2.75. The molecule has 0 aliphatic carbocycles. The number of hydrogen-bond donors (Lipinski definition) is 1. The third kappa shape index (κ3) is 2.73. The van der Waals surface area contributed by atoms with Crippen molar-refractivity contribution in [3.05, 3.63) is 29.3 Å². The SMILES string of the molecule is O=C(c1noc(-c2cc(F)c(F)c(O)c2F)n1)N1CCCCC1. The van der Waals surface area contributed by atoms with E-state index in [0.717, 1.165) is 19.3 Å². The third-order valence-corrected chi connectivity index (χ3v) is 3.62. The fraction of sp³-hybridized carbons (Fsp3) is 0.357. The van der Waals surface area contributed by atoms with Crippen molar-refractivity contribution >= 4 is 5.91 Å². The number of amides is 1. The number of nitrogens with zero attached hydrogens (tertiary/aromatic N) is 3. The lowest BCUT2D eigenvalue weighted by Crippen LogP contribution is -2.36. The van der Waals surface area contributed by atoms with Gasteiger partial charge in [0.1, 0.15) is 0 Å². The number of benzene rings is 1. The molecule has 1 aliphatic heterocycles. The Labute approximate surface area is 128 Å². The maximum atomic E-state index is 13.8. The monoisotopic (exact) mass is 327 g/mol. The van der Waals surface area contributed by atoms with Crippen LogP contribution in [0, 0.1) is 17.5 Å². The molecule has 0 bridgehead atoms. The summed E-state index contributed by atoms with van der Waals surface area (Å²) in [4.78, 5) is 17.4. The average Bonchev–Trinajstić information content (AvgIpc) is 3.06. The first-order valence-electron chi connectivity index (χ1n) is 6.99. The number of rotatable bonds is 2. The van der Waals surface area contributed by atoms with Gasteiger partial charge in [0, 0.05) is 13.1 Å². The van der Waals surface area contributed by atoms with Crippen molar-refractivity contribution in [2.45, 2.75) is 19.3 Å². The molecule has 122 valence electrons. The first-order valence-corrected chi connectivity index (χ1v) is 6.99. The van der Waals surface area contributed by atoms with Crippen LogP contribution >= 0.6 is 0 Å². The van der Waals surface area contributed by atoms with Gasteiger partial charge in [0.15, 0.2) is 17.4 Å². The van der Waals surface area contributed by atoms with E-state index in [1.807, 2.05) is 0 Å². The van der Waals surface area contributed by atoms with Gasteiger partial charge >= 0.3 is 0 Å². The van der Waals surface area contributed by atoms with Gasteiger partial charge < -0.3 is 14.5 Å². The summed E-state index contributed by atoms with van der Waals surface area (Å²) in [5.74, 6) is -7.41. The van der Waals surface area contributed by atoms with Crippen LogP contribution in [-0.2, 0) is 0 Å². The molecule has 0 saturated carbocycles. The van der Waals surface area contributed by atoms with Gasteiger partial charge in [0.05, 0.1) is 5.56 Å². The van der Waals surface area contributed by atoms with Crippen LogP contribution in [0.4, 0.5) is 13.2 Å². The first kappa shape index (κ1) is 15.3. The lowest BCUT2D eigenvalue weighted by Gasteiger charge is -2.25. The van der Waals surface area contributed by atoms with Gasteiger partial charge in [-0.15, -0.1) is 0 Å². The number of carbonyl (C=O) groups excluding carboxylic acids is 1. The van der Waals surface area contributed by atoms with E-state index in [1.165, 1.54) is 4.90 Å². The number of likely N-dealkylation sites (tertiary alicyclic amines) is 1. The standard InChI is InChI=1S/C14H12F3N3O3/c15-8-6-7(9(16)11(21)10(8)17)13-18-12(19-23-13)14(22)20-4-2-1-3-5-20/h6,21H,1-5H2. The summed E-state index contributed by atoms with van der Waals surface area (Å²) < 4.78 is 44.9. The van der Waals surface area contributed by atoms with Crippen molar-refractivity contribution in [2.75, 3.05) is 13.1 Å². The van der Waals surface area contributed by atoms with E-state index in [0.29, 0.717) is 19.2 Å². The highest BCUT2D eigenvalue weighted by atomic mass is 19.2. The minimum atomic E-state index is -1.71. The molecule has 9 heteroatoms. The van der Waals surface area contributed by atoms with E-state index < -0.39 is 40.6 Å². The highest BCUT2D eigenvalue weighted by molar-refractivity contribution is 5.90. The number of phenolic OH excluding ortho intramolecular Hbond substituents is 1. The van der Waals surface area contributed by atoms with Gasteiger partial charge in [0.25, 0.3) is 17.6 Å². The van der Waals surface area contributed by atoms with Gasteiger partial charge in [-0.1, -0.05) is 5.16 Å². The van der Waals surface area contributed by atoms with Crippen molar-refractivity contribution in [1.82, 2.24) is 15.0 Å². The molecule has 0 radical (unpaired) electrons. The summed E-state index contributed by atoms with van der Waals surface area (Å²) in [6, 6.07) is 0.479. The summed E-state index contributed by atoms with van der Waals surface area (Å²) in [5, 5.41) is 12.6. The van der Waals surface area contributed by atoms with Gasteiger partial charge in [-0.2, -0.15) is 9.37 Å². The molecule has 0 spiro atoms. The molecule has 2 aromatic rings. The van der Waals surface area contributed by atoms with Crippen molar-refractivity contribution in [3.8, 4) is 17.2 Å². The van der Waals surface area contributed by atoms with Crippen LogP contribution in [0.5, 0.6) is 5.75 Å². The van der Waals surface area contributed by atoms with E-state index in [9.17, 15) is 23.1 Å². The molecule has 1 amide bonds. The van der Waals surface area contributed by atoms with Crippen LogP contribution in [-0.4, -0.2) is 39.1 Å². The fourth-order valence-electron chi connectivity index (χ4n) is 2.40. The highest BCUT2D eigenvalue weighted by Gasteiger charge is 2.26.